The van der Waals surface area contributed by atoms with Gasteiger partial charge in [0.25, 0.3) is 0 Å². The van der Waals surface area contributed by atoms with E-state index in [1.54, 1.807) is 0 Å². The Morgan fingerprint density at radius 1 is 1.00 bits per heavy atom. The van der Waals surface area contributed by atoms with E-state index >= 15 is 0 Å². The highest BCUT2D eigenvalue weighted by molar-refractivity contribution is 9.10. The molecule has 0 radical (unpaired) electrons. The van der Waals surface area contributed by atoms with Crippen LogP contribution >= 0.6 is 15.9 Å². The average molecular weight is 366 g/mol. The van der Waals surface area contributed by atoms with E-state index in [0.717, 1.165) is 23.1 Å². The molecule has 0 aliphatic heterocycles. The summed E-state index contributed by atoms with van der Waals surface area (Å²) in [6.07, 6.45) is 0. The molecule has 5 heteroatoms. The molecule has 0 amide bonds. The van der Waals surface area contributed by atoms with Gasteiger partial charge in [0.15, 0.2) is 0 Å². The lowest BCUT2D eigenvalue weighted by Crippen LogP contribution is -2.31. The summed E-state index contributed by atoms with van der Waals surface area (Å²) in [7, 11) is 0. The van der Waals surface area contributed by atoms with Crippen molar-refractivity contribution in [2.45, 2.75) is 34.2 Å². The van der Waals surface area contributed by atoms with Gasteiger partial charge in [-0.15, -0.1) is 10.2 Å². The molecule has 0 aliphatic carbocycles. The lowest BCUT2D eigenvalue weighted by Gasteiger charge is -2.24. The maximum absolute atomic E-state index is 5.82. The SMILES string of the molecule is CC(C)CN(Cc1nnc(-c2ccc(Br)cc2)o1)CC(C)C. The number of hydrogen-bond donors (Lipinski definition) is 0. The molecular formula is C17H24BrN3O. The van der Waals surface area contributed by atoms with Gasteiger partial charge in [-0.2, -0.15) is 0 Å². The molecule has 0 saturated carbocycles. The summed E-state index contributed by atoms with van der Waals surface area (Å²) >= 11 is 3.43. The van der Waals surface area contributed by atoms with E-state index in [1.165, 1.54) is 0 Å². The predicted molar refractivity (Wildman–Crippen MR) is 92.4 cm³/mol. The third kappa shape index (κ3) is 5.21. The third-order valence-corrected chi connectivity index (χ3v) is 3.69. The van der Waals surface area contributed by atoms with E-state index in [-0.39, 0.29) is 0 Å². The molecule has 2 aromatic rings. The number of aromatic nitrogens is 2. The van der Waals surface area contributed by atoms with Gasteiger partial charge in [0.2, 0.25) is 11.8 Å². The van der Waals surface area contributed by atoms with Crippen LogP contribution in [0.2, 0.25) is 0 Å². The molecule has 4 nitrogen and oxygen atoms in total. The zero-order chi connectivity index (χ0) is 16.1. The Balaban J connectivity index is 2.07. The maximum Gasteiger partial charge on any atom is 0.247 e. The average Bonchev–Trinajstić information content (AvgIpc) is 2.86. The van der Waals surface area contributed by atoms with Crippen LogP contribution in [0.1, 0.15) is 33.6 Å². The first kappa shape index (κ1) is 17.2. The first-order valence-electron chi connectivity index (χ1n) is 7.74. The largest absolute Gasteiger partial charge is 0.419 e. The van der Waals surface area contributed by atoms with Gasteiger partial charge in [-0.1, -0.05) is 43.6 Å². The van der Waals surface area contributed by atoms with E-state index in [0.29, 0.717) is 30.2 Å². The predicted octanol–water partition coefficient (Wildman–Crippen LogP) is 4.61. The number of benzene rings is 1. The molecule has 0 N–H and O–H groups in total. The van der Waals surface area contributed by atoms with Crippen molar-refractivity contribution >= 4 is 15.9 Å². The quantitative estimate of drug-likeness (QED) is 0.718. The Morgan fingerprint density at radius 3 is 2.14 bits per heavy atom. The van der Waals surface area contributed by atoms with E-state index in [2.05, 4.69) is 58.7 Å². The smallest absolute Gasteiger partial charge is 0.247 e. The molecule has 22 heavy (non-hydrogen) atoms. The molecule has 0 spiro atoms. The zero-order valence-corrected chi connectivity index (χ0v) is 15.3. The molecule has 0 unspecified atom stereocenters. The molecule has 1 aromatic heterocycles. The molecule has 1 aromatic carbocycles. The zero-order valence-electron chi connectivity index (χ0n) is 13.7. The fourth-order valence-electron chi connectivity index (χ4n) is 2.45. The van der Waals surface area contributed by atoms with E-state index in [1.807, 2.05) is 24.3 Å². The van der Waals surface area contributed by atoms with Gasteiger partial charge < -0.3 is 4.42 Å². The normalized spacial score (nSPS) is 11.8. The Kier molecular flexibility index (Phi) is 6.15. The third-order valence-electron chi connectivity index (χ3n) is 3.16. The summed E-state index contributed by atoms with van der Waals surface area (Å²) in [6, 6.07) is 7.90. The molecule has 2 rings (SSSR count). The minimum Gasteiger partial charge on any atom is -0.419 e. The lowest BCUT2D eigenvalue weighted by atomic mass is 10.1. The van der Waals surface area contributed by atoms with Crippen molar-refractivity contribution < 1.29 is 4.42 Å². The van der Waals surface area contributed by atoms with Crippen molar-refractivity contribution in [3.05, 3.63) is 34.6 Å². The monoisotopic (exact) mass is 365 g/mol. The highest BCUT2D eigenvalue weighted by Crippen LogP contribution is 2.21. The fraction of sp³-hybridized carbons (Fsp3) is 0.529. The maximum atomic E-state index is 5.82. The second-order valence-corrected chi connectivity index (χ2v) is 7.41. The second kappa shape index (κ2) is 7.88. The summed E-state index contributed by atoms with van der Waals surface area (Å²) in [5.74, 6) is 2.50. The lowest BCUT2D eigenvalue weighted by molar-refractivity contribution is 0.194. The number of hydrogen-bond acceptors (Lipinski definition) is 4. The Hall–Kier alpha value is -1.20. The second-order valence-electron chi connectivity index (χ2n) is 6.49. The summed E-state index contributed by atoms with van der Waals surface area (Å²) in [4.78, 5) is 2.38. The Labute approximate surface area is 141 Å². The fourth-order valence-corrected chi connectivity index (χ4v) is 2.72. The van der Waals surface area contributed by atoms with Crippen molar-refractivity contribution in [3.8, 4) is 11.5 Å². The van der Waals surface area contributed by atoms with Crippen LogP contribution in [0.15, 0.2) is 33.2 Å². The van der Waals surface area contributed by atoms with Crippen molar-refractivity contribution in [1.29, 1.82) is 0 Å². The molecular weight excluding hydrogens is 342 g/mol. The number of halogens is 1. The first-order valence-corrected chi connectivity index (χ1v) is 8.54. The van der Waals surface area contributed by atoms with Crippen LogP contribution in [-0.4, -0.2) is 28.2 Å². The van der Waals surface area contributed by atoms with E-state index in [4.69, 9.17) is 4.42 Å². The van der Waals surface area contributed by atoms with Gasteiger partial charge in [0.1, 0.15) is 0 Å². The van der Waals surface area contributed by atoms with E-state index < -0.39 is 0 Å². The van der Waals surface area contributed by atoms with Gasteiger partial charge in [-0.3, -0.25) is 4.90 Å². The van der Waals surface area contributed by atoms with Gasteiger partial charge in [0.05, 0.1) is 6.54 Å². The van der Waals surface area contributed by atoms with Crippen LogP contribution < -0.4 is 0 Å². The molecule has 120 valence electrons. The van der Waals surface area contributed by atoms with Crippen molar-refractivity contribution in [1.82, 2.24) is 15.1 Å². The van der Waals surface area contributed by atoms with Crippen molar-refractivity contribution in [3.63, 3.8) is 0 Å². The molecule has 0 atom stereocenters. The Morgan fingerprint density at radius 2 is 1.59 bits per heavy atom. The van der Waals surface area contributed by atoms with Crippen LogP contribution in [0.5, 0.6) is 0 Å². The van der Waals surface area contributed by atoms with Crippen molar-refractivity contribution in [2.75, 3.05) is 13.1 Å². The minimum absolute atomic E-state index is 0.580. The van der Waals surface area contributed by atoms with Gasteiger partial charge in [0, 0.05) is 23.1 Å². The number of nitrogens with zero attached hydrogens (tertiary/aromatic N) is 3. The summed E-state index contributed by atoms with van der Waals surface area (Å²) < 4.78 is 6.86. The van der Waals surface area contributed by atoms with Crippen LogP contribution in [0.4, 0.5) is 0 Å². The standard InChI is InChI=1S/C17H24BrN3O/c1-12(2)9-21(10-13(3)4)11-16-19-20-17(22-16)14-5-7-15(18)8-6-14/h5-8,12-13H,9-11H2,1-4H3. The highest BCUT2D eigenvalue weighted by Gasteiger charge is 2.15. The van der Waals surface area contributed by atoms with Crippen LogP contribution in [0.25, 0.3) is 11.5 Å². The van der Waals surface area contributed by atoms with E-state index in [9.17, 15) is 0 Å². The first-order chi connectivity index (χ1) is 10.4. The molecule has 0 fully saturated rings. The van der Waals surface area contributed by atoms with Crippen LogP contribution in [0, 0.1) is 11.8 Å². The number of rotatable bonds is 7. The van der Waals surface area contributed by atoms with Gasteiger partial charge in [-0.25, -0.2) is 0 Å². The minimum atomic E-state index is 0.580. The van der Waals surface area contributed by atoms with Crippen LogP contribution in [0.3, 0.4) is 0 Å². The highest BCUT2D eigenvalue weighted by atomic mass is 79.9. The molecule has 0 bridgehead atoms. The topological polar surface area (TPSA) is 42.2 Å². The molecule has 0 aliphatic rings. The van der Waals surface area contributed by atoms with Crippen molar-refractivity contribution in [2.24, 2.45) is 11.8 Å². The summed E-state index contributed by atoms with van der Waals surface area (Å²) in [6.45, 7) is 11.7. The molecule has 1 heterocycles. The van der Waals surface area contributed by atoms with Gasteiger partial charge in [-0.05, 0) is 36.1 Å². The molecule has 0 saturated heterocycles. The van der Waals surface area contributed by atoms with Crippen LogP contribution in [-0.2, 0) is 6.54 Å². The Bertz CT molecular complexity index is 568. The summed E-state index contributed by atoms with van der Waals surface area (Å²) in [5, 5.41) is 8.37. The summed E-state index contributed by atoms with van der Waals surface area (Å²) in [5.41, 5.74) is 0.946. The van der Waals surface area contributed by atoms with Gasteiger partial charge >= 0.3 is 0 Å².